The maximum Gasteiger partial charge on any atom is 0.175 e. The summed E-state index contributed by atoms with van der Waals surface area (Å²) in [7, 11) is -3.10. The maximum absolute atomic E-state index is 11.5. The predicted octanol–water partition coefficient (Wildman–Crippen LogP) is 3.01. The Hall–Kier alpha value is -0.870. The van der Waals surface area contributed by atoms with Crippen molar-refractivity contribution in [2.24, 2.45) is 11.8 Å². The molecule has 1 aliphatic carbocycles. The van der Waals surface area contributed by atoms with Gasteiger partial charge in [0, 0.05) is 12.8 Å². The molecule has 1 aromatic rings. The van der Waals surface area contributed by atoms with Crippen molar-refractivity contribution < 1.29 is 8.42 Å². The fourth-order valence-electron chi connectivity index (χ4n) is 2.84. The monoisotopic (exact) mass is 295 g/mol. The quantitative estimate of drug-likeness (QED) is 0.908. The Kier molecular flexibility index (Phi) is 5.22. The lowest BCUT2D eigenvalue weighted by Crippen LogP contribution is -2.25. The van der Waals surface area contributed by atoms with Crippen LogP contribution in [0.4, 0.5) is 0 Å². The normalized spacial score (nSPS) is 23.7. The second-order valence-electron chi connectivity index (χ2n) is 6.18. The van der Waals surface area contributed by atoms with Crippen LogP contribution in [0.15, 0.2) is 29.2 Å². The van der Waals surface area contributed by atoms with Gasteiger partial charge in [0.2, 0.25) is 0 Å². The SMILES string of the molecule is CC1CCC(CNCc2cccc(S(C)(=O)=O)c2)CC1. The molecule has 0 atom stereocenters. The van der Waals surface area contributed by atoms with E-state index >= 15 is 0 Å². The van der Waals surface area contributed by atoms with Gasteiger partial charge in [-0.05, 0) is 48.9 Å². The molecule has 1 aromatic carbocycles. The van der Waals surface area contributed by atoms with E-state index in [4.69, 9.17) is 0 Å². The molecule has 0 amide bonds. The van der Waals surface area contributed by atoms with Crippen LogP contribution in [0, 0.1) is 11.8 Å². The van der Waals surface area contributed by atoms with Crippen molar-refractivity contribution in [2.45, 2.75) is 44.0 Å². The van der Waals surface area contributed by atoms with Crippen molar-refractivity contribution in [3.05, 3.63) is 29.8 Å². The van der Waals surface area contributed by atoms with E-state index in [1.54, 1.807) is 12.1 Å². The summed E-state index contributed by atoms with van der Waals surface area (Å²) in [5, 5.41) is 3.47. The third-order valence-electron chi connectivity index (χ3n) is 4.22. The van der Waals surface area contributed by atoms with E-state index < -0.39 is 9.84 Å². The van der Waals surface area contributed by atoms with E-state index in [2.05, 4.69) is 12.2 Å². The first-order valence-corrected chi connectivity index (χ1v) is 9.34. The van der Waals surface area contributed by atoms with E-state index in [9.17, 15) is 8.42 Å². The third kappa shape index (κ3) is 4.60. The second kappa shape index (κ2) is 6.72. The summed E-state index contributed by atoms with van der Waals surface area (Å²) in [6.45, 7) is 4.12. The Morgan fingerprint density at radius 3 is 2.55 bits per heavy atom. The van der Waals surface area contributed by atoms with E-state index in [1.165, 1.54) is 31.9 Å². The standard InChI is InChI=1S/C16H25NO2S/c1-13-6-8-14(9-7-13)11-17-12-15-4-3-5-16(10-15)20(2,18)19/h3-5,10,13-14,17H,6-9,11-12H2,1-2H3. The number of rotatable bonds is 5. The van der Waals surface area contributed by atoms with Gasteiger partial charge in [-0.1, -0.05) is 31.9 Å². The number of hydrogen-bond acceptors (Lipinski definition) is 3. The Bertz CT molecular complexity index is 531. The molecule has 112 valence electrons. The lowest BCUT2D eigenvalue weighted by molar-refractivity contribution is 0.281. The molecule has 0 bridgehead atoms. The molecule has 0 saturated heterocycles. The number of benzene rings is 1. The largest absolute Gasteiger partial charge is 0.312 e. The molecule has 3 nitrogen and oxygen atoms in total. The summed E-state index contributed by atoms with van der Waals surface area (Å²) >= 11 is 0. The van der Waals surface area contributed by atoms with Crippen molar-refractivity contribution in [1.82, 2.24) is 5.32 Å². The molecular weight excluding hydrogens is 270 g/mol. The predicted molar refractivity (Wildman–Crippen MR) is 82.4 cm³/mol. The fraction of sp³-hybridized carbons (Fsp3) is 0.625. The smallest absolute Gasteiger partial charge is 0.175 e. The second-order valence-corrected chi connectivity index (χ2v) is 8.19. The first-order valence-electron chi connectivity index (χ1n) is 7.45. The van der Waals surface area contributed by atoms with Gasteiger partial charge in [-0.25, -0.2) is 8.42 Å². The molecule has 4 heteroatoms. The van der Waals surface area contributed by atoms with Crippen molar-refractivity contribution in [1.29, 1.82) is 0 Å². The average molecular weight is 295 g/mol. The maximum atomic E-state index is 11.5. The highest BCUT2D eigenvalue weighted by molar-refractivity contribution is 7.90. The van der Waals surface area contributed by atoms with Gasteiger partial charge in [-0.3, -0.25) is 0 Å². The minimum Gasteiger partial charge on any atom is -0.312 e. The number of hydrogen-bond donors (Lipinski definition) is 1. The van der Waals surface area contributed by atoms with Crippen molar-refractivity contribution in [3.63, 3.8) is 0 Å². The Morgan fingerprint density at radius 1 is 1.20 bits per heavy atom. The molecule has 0 radical (unpaired) electrons. The van der Waals surface area contributed by atoms with E-state index in [1.807, 2.05) is 12.1 Å². The molecule has 0 heterocycles. The molecule has 1 aliphatic rings. The highest BCUT2D eigenvalue weighted by Gasteiger charge is 2.17. The van der Waals surface area contributed by atoms with Gasteiger partial charge >= 0.3 is 0 Å². The average Bonchev–Trinajstić information content (AvgIpc) is 2.40. The zero-order chi connectivity index (χ0) is 14.6. The summed E-state index contributed by atoms with van der Waals surface area (Å²) in [5.74, 6) is 1.67. The summed E-state index contributed by atoms with van der Waals surface area (Å²) in [4.78, 5) is 0.406. The minimum absolute atomic E-state index is 0.406. The zero-order valence-corrected chi connectivity index (χ0v) is 13.2. The lowest BCUT2D eigenvalue weighted by atomic mass is 9.83. The van der Waals surface area contributed by atoms with Crippen LogP contribution in [0.25, 0.3) is 0 Å². The van der Waals surface area contributed by atoms with E-state index in [0.29, 0.717) is 4.90 Å². The summed E-state index contributed by atoms with van der Waals surface area (Å²) < 4.78 is 23.0. The van der Waals surface area contributed by atoms with E-state index in [-0.39, 0.29) is 0 Å². The summed E-state index contributed by atoms with van der Waals surface area (Å²) in [6, 6.07) is 7.22. The van der Waals surface area contributed by atoms with Gasteiger partial charge in [0.15, 0.2) is 9.84 Å². The van der Waals surface area contributed by atoms with Crippen LogP contribution in [0.1, 0.15) is 38.2 Å². The molecular formula is C16H25NO2S. The Morgan fingerprint density at radius 2 is 1.90 bits per heavy atom. The highest BCUT2D eigenvalue weighted by Crippen LogP contribution is 2.27. The van der Waals surface area contributed by atoms with Gasteiger partial charge in [0.25, 0.3) is 0 Å². The molecule has 20 heavy (non-hydrogen) atoms. The van der Waals surface area contributed by atoms with Crippen LogP contribution in [0.2, 0.25) is 0 Å². The van der Waals surface area contributed by atoms with Crippen LogP contribution in [0.5, 0.6) is 0 Å². The van der Waals surface area contributed by atoms with Crippen molar-refractivity contribution >= 4 is 9.84 Å². The third-order valence-corrected chi connectivity index (χ3v) is 5.33. The van der Waals surface area contributed by atoms with Crippen LogP contribution in [-0.2, 0) is 16.4 Å². The van der Waals surface area contributed by atoms with Gasteiger partial charge in [0.05, 0.1) is 4.90 Å². The van der Waals surface area contributed by atoms with Gasteiger partial charge < -0.3 is 5.32 Å². The fourth-order valence-corrected chi connectivity index (χ4v) is 3.53. The van der Waals surface area contributed by atoms with Gasteiger partial charge in [0.1, 0.15) is 0 Å². The van der Waals surface area contributed by atoms with Crippen molar-refractivity contribution in [3.8, 4) is 0 Å². The number of sulfone groups is 1. The van der Waals surface area contributed by atoms with Crippen LogP contribution >= 0.6 is 0 Å². The van der Waals surface area contributed by atoms with Crippen molar-refractivity contribution in [2.75, 3.05) is 12.8 Å². The topological polar surface area (TPSA) is 46.2 Å². The Labute approximate surface area is 122 Å². The molecule has 0 unspecified atom stereocenters. The molecule has 1 N–H and O–H groups in total. The summed E-state index contributed by atoms with van der Waals surface area (Å²) in [5.41, 5.74) is 1.04. The van der Waals surface area contributed by atoms with Gasteiger partial charge in [-0.15, -0.1) is 0 Å². The molecule has 0 spiro atoms. The molecule has 2 rings (SSSR count). The minimum atomic E-state index is -3.10. The van der Waals surface area contributed by atoms with Crippen LogP contribution in [-0.4, -0.2) is 21.2 Å². The molecule has 1 saturated carbocycles. The first-order chi connectivity index (χ1) is 9.45. The first kappa shape index (κ1) is 15.5. The van der Waals surface area contributed by atoms with Crippen LogP contribution < -0.4 is 5.32 Å². The van der Waals surface area contributed by atoms with Crippen LogP contribution in [0.3, 0.4) is 0 Å². The van der Waals surface area contributed by atoms with E-state index in [0.717, 1.165) is 30.5 Å². The van der Waals surface area contributed by atoms with Gasteiger partial charge in [-0.2, -0.15) is 0 Å². The molecule has 0 aromatic heterocycles. The molecule has 1 fully saturated rings. The summed E-state index contributed by atoms with van der Waals surface area (Å²) in [6.07, 6.45) is 6.57. The molecule has 0 aliphatic heterocycles. The Balaban J connectivity index is 1.82. The number of nitrogens with one attached hydrogen (secondary N) is 1. The zero-order valence-electron chi connectivity index (χ0n) is 12.4. The highest BCUT2D eigenvalue weighted by atomic mass is 32.2. The lowest BCUT2D eigenvalue weighted by Gasteiger charge is -2.26.